The molecule has 0 unspecified atom stereocenters. The Kier molecular flexibility index (Phi) is 3.00. The third-order valence-corrected chi connectivity index (χ3v) is 1.43. The molecule has 63 valence electrons. The lowest BCUT2D eigenvalue weighted by atomic mass is 10.1. The average Bonchev–Trinajstić information content (AvgIpc) is 2.05. The van der Waals surface area contributed by atoms with Gasteiger partial charge in [0.2, 0.25) is 0 Å². The summed E-state index contributed by atoms with van der Waals surface area (Å²) in [4.78, 5) is 13.1. The highest BCUT2D eigenvalue weighted by atomic mass is 16.1. The molecule has 0 aromatic heterocycles. The van der Waals surface area contributed by atoms with Crippen molar-refractivity contribution in [2.24, 2.45) is 0 Å². The van der Waals surface area contributed by atoms with Crippen molar-refractivity contribution >= 4 is 5.78 Å². The first-order valence-corrected chi connectivity index (χ1v) is 3.81. The second kappa shape index (κ2) is 4.02. The van der Waals surface area contributed by atoms with Crippen LogP contribution < -0.4 is 0 Å². The maximum atomic E-state index is 11.4. The molecule has 12 heavy (non-hydrogen) atoms. The van der Waals surface area contributed by atoms with Crippen molar-refractivity contribution in [3.05, 3.63) is 42.4 Å². The summed E-state index contributed by atoms with van der Waals surface area (Å²) in [5, 5.41) is 0. The zero-order chi connectivity index (χ0) is 8.97. The molecule has 0 heterocycles. The number of benzene rings is 1. The highest BCUT2D eigenvalue weighted by Gasteiger charge is 2.05. The maximum absolute atomic E-state index is 11.4. The zero-order valence-electron chi connectivity index (χ0n) is 7.32. The Morgan fingerprint density at radius 2 is 1.83 bits per heavy atom. The first-order valence-electron chi connectivity index (χ1n) is 3.81. The molecule has 0 saturated heterocycles. The van der Waals surface area contributed by atoms with Gasteiger partial charge in [0.1, 0.15) is 0 Å². The lowest BCUT2D eigenvalue weighted by Gasteiger charge is -2.06. The van der Waals surface area contributed by atoms with Crippen LogP contribution in [0.4, 0.5) is 0 Å². The van der Waals surface area contributed by atoms with Crippen LogP contribution in [0.2, 0.25) is 0 Å². The van der Waals surface area contributed by atoms with Crippen molar-refractivity contribution in [2.45, 2.75) is 0 Å². The van der Waals surface area contributed by atoms with Crippen molar-refractivity contribution in [3.63, 3.8) is 0 Å². The normalized spacial score (nSPS) is 10.2. The van der Waals surface area contributed by atoms with E-state index in [2.05, 4.69) is 0 Å². The molecule has 0 fully saturated rings. The summed E-state index contributed by atoms with van der Waals surface area (Å²) >= 11 is 0. The quantitative estimate of drug-likeness (QED) is 0.629. The number of likely N-dealkylation sites (N-methyl/N-ethyl adjacent to an activating group) is 1. The van der Waals surface area contributed by atoms with Crippen LogP contribution >= 0.6 is 0 Å². The minimum atomic E-state index is 0.0422. The van der Waals surface area contributed by atoms with Gasteiger partial charge in [-0.2, -0.15) is 0 Å². The van der Waals surface area contributed by atoms with Gasteiger partial charge in [0.15, 0.2) is 5.78 Å². The van der Waals surface area contributed by atoms with E-state index in [4.69, 9.17) is 0 Å². The second-order valence-corrected chi connectivity index (χ2v) is 2.82. The van der Waals surface area contributed by atoms with E-state index in [0.717, 1.165) is 5.56 Å². The molecule has 1 rings (SSSR count). The minimum Gasteiger partial charge on any atom is -0.298 e. The van der Waals surface area contributed by atoms with Gasteiger partial charge in [-0.25, -0.2) is 0 Å². The van der Waals surface area contributed by atoms with E-state index in [0.29, 0.717) is 0 Å². The Balaban J connectivity index is 2.66. The van der Waals surface area contributed by atoms with Gasteiger partial charge in [-0.3, -0.25) is 9.69 Å². The number of hydrogen-bond donors (Lipinski definition) is 0. The fourth-order valence-electron chi connectivity index (χ4n) is 0.911. The summed E-state index contributed by atoms with van der Waals surface area (Å²) in [5.41, 5.74) is 0.728. The minimum absolute atomic E-state index is 0.0422. The summed E-state index contributed by atoms with van der Waals surface area (Å²) in [6, 6.07) is 9.23. The maximum Gasteiger partial charge on any atom is 0.182 e. The molecule has 0 saturated carbocycles. The summed E-state index contributed by atoms with van der Waals surface area (Å²) in [6.45, 7) is 1.56. The molecule has 0 bridgehead atoms. The van der Waals surface area contributed by atoms with E-state index in [-0.39, 0.29) is 5.78 Å². The van der Waals surface area contributed by atoms with Gasteiger partial charge in [-0.05, 0) is 14.1 Å². The van der Waals surface area contributed by atoms with Crippen molar-refractivity contribution in [3.8, 4) is 0 Å². The smallest absolute Gasteiger partial charge is 0.182 e. The number of hydrogen-bond acceptors (Lipinski definition) is 2. The lowest BCUT2D eigenvalue weighted by Crippen LogP contribution is -2.15. The third-order valence-electron chi connectivity index (χ3n) is 1.43. The van der Waals surface area contributed by atoms with Crippen molar-refractivity contribution < 1.29 is 4.79 Å². The van der Waals surface area contributed by atoms with Crippen LogP contribution in [0.3, 0.4) is 0 Å². The molecule has 2 nitrogen and oxygen atoms in total. The van der Waals surface area contributed by atoms with Gasteiger partial charge >= 0.3 is 0 Å². The monoisotopic (exact) mass is 162 g/mol. The van der Waals surface area contributed by atoms with E-state index in [1.807, 2.05) is 44.4 Å². The average molecular weight is 162 g/mol. The number of carbonyl (C=O) groups is 1. The zero-order valence-corrected chi connectivity index (χ0v) is 7.32. The fraction of sp³-hybridized carbons (Fsp3) is 0.200. The van der Waals surface area contributed by atoms with Gasteiger partial charge in [0.05, 0.1) is 6.54 Å². The van der Waals surface area contributed by atoms with Gasteiger partial charge in [-0.15, -0.1) is 0 Å². The Hall–Kier alpha value is -1.15. The molecule has 0 aliphatic heterocycles. The number of ketones is 1. The molecule has 0 N–H and O–H groups in total. The van der Waals surface area contributed by atoms with Crippen molar-refractivity contribution in [2.75, 3.05) is 14.1 Å². The fourth-order valence-corrected chi connectivity index (χ4v) is 0.911. The molecule has 0 atom stereocenters. The topological polar surface area (TPSA) is 20.3 Å². The highest BCUT2D eigenvalue weighted by molar-refractivity contribution is 6.01. The predicted molar refractivity (Wildman–Crippen MR) is 48.8 cm³/mol. The van der Waals surface area contributed by atoms with E-state index < -0.39 is 0 Å². The van der Waals surface area contributed by atoms with Crippen LogP contribution in [-0.2, 0) is 0 Å². The Morgan fingerprint density at radius 3 is 2.33 bits per heavy atom. The molecule has 1 aromatic carbocycles. The summed E-state index contributed by atoms with van der Waals surface area (Å²) in [7, 11) is 3.67. The SMILES string of the molecule is CN(C)[CH]C(=O)c1ccccc1. The lowest BCUT2D eigenvalue weighted by molar-refractivity contribution is 0.0998. The highest BCUT2D eigenvalue weighted by Crippen LogP contribution is 2.02. The predicted octanol–water partition coefficient (Wildman–Crippen LogP) is 1.59. The summed E-state index contributed by atoms with van der Waals surface area (Å²) in [5.74, 6) is 0.0422. The molecular formula is C10H12NO. The van der Waals surface area contributed by atoms with Gasteiger partial charge in [-0.1, -0.05) is 30.3 Å². The molecule has 0 amide bonds. The number of carbonyl (C=O) groups excluding carboxylic acids is 1. The van der Waals surface area contributed by atoms with Crippen molar-refractivity contribution in [1.82, 2.24) is 4.90 Å². The number of nitrogens with zero attached hydrogens (tertiary/aromatic N) is 1. The first kappa shape index (κ1) is 8.94. The molecular weight excluding hydrogens is 150 g/mol. The third kappa shape index (κ3) is 2.47. The van der Waals surface area contributed by atoms with Crippen LogP contribution in [0.15, 0.2) is 30.3 Å². The van der Waals surface area contributed by atoms with Crippen molar-refractivity contribution in [1.29, 1.82) is 0 Å². The molecule has 0 spiro atoms. The molecule has 1 aromatic rings. The van der Waals surface area contributed by atoms with Crippen LogP contribution in [0.5, 0.6) is 0 Å². The molecule has 2 heteroatoms. The summed E-state index contributed by atoms with van der Waals surface area (Å²) < 4.78 is 0. The van der Waals surface area contributed by atoms with Crippen LogP contribution in [0.25, 0.3) is 0 Å². The van der Waals surface area contributed by atoms with Crippen LogP contribution in [-0.4, -0.2) is 24.8 Å². The summed E-state index contributed by atoms with van der Waals surface area (Å²) in [6.07, 6.45) is 0. The van der Waals surface area contributed by atoms with Gasteiger partial charge in [0, 0.05) is 5.56 Å². The standard InChI is InChI=1S/C10H12NO/c1-11(2)8-10(12)9-6-4-3-5-7-9/h3-8H,1-2H3. The molecule has 0 aliphatic rings. The number of Topliss-reactive ketones (excluding diaryl/α,β-unsaturated/α-hetero) is 1. The largest absolute Gasteiger partial charge is 0.298 e. The molecule has 0 aliphatic carbocycles. The Bertz CT molecular complexity index is 254. The van der Waals surface area contributed by atoms with E-state index in [9.17, 15) is 4.79 Å². The van der Waals surface area contributed by atoms with Gasteiger partial charge < -0.3 is 0 Å². The van der Waals surface area contributed by atoms with E-state index in [1.54, 1.807) is 11.4 Å². The molecule has 1 radical (unpaired) electrons. The van der Waals surface area contributed by atoms with Crippen LogP contribution in [0.1, 0.15) is 10.4 Å². The second-order valence-electron chi connectivity index (χ2n) is 2.82. The number of rotatable bonds is 3. The van der Waals surface area contributed by atoms with Crippen LogP contribution in [0, 0.1) is 6.54 Å². The van der Waals surface area contributed by atoms with E-state index in [1.165, 1.54) is 0 Å². The van der Waals surface area contributed by atoms with E-state index >= 15 is 0 Å². The Morgan fingerprint density at radius 1 is 1.25 bits per heavy atom. The Labute approximate surface area is 72.8 Å². The first-order chi connectivity index (χ1) is 5.70. The van der Waals surface area contributed by atoms with Gasteiger partial charge in [0.25, 0.3) is 0 Å².